The molecule has 0 aromatic carbocycles. The highest BCUT2D eigenvalue weighted by Gasteiger charge is 2.25. The highest BCUT2D eigenvalue weighted by atomic mass is 28.2. The summed E-state index contributed by atoms with van der Waals surface area (Å²) < 4.78 is 5.42. The zero-order valence-corrected chi connectivity index (χ0v) is 13.4. The standard InChI is InChI=1S/C15H28OSi/c17-16-12-11-15(13-7-3-1-4-8-13)14-9-5-2-6-10-14/h11,13-14H,1-10,12H2,17H3. The maximum atomic E-state index is 5.42. The van der Waals surface area contributed by atoms with E-state index in [-0.39, 0.29) is 0 Å². The summed E-state index contributed by atoms with van der Waals surface area (Å²) in [4.78, 5) is 0. The third-order valence-corrected chi connectivity index (χ3v) is 4.97. The highest BCUT2D eigenvalue weighted by molar-refractivity contribution is 5.98. The maximum absolute atomic E-state index is 5.42. The summed E-state index contributed by atoms with van der Waals surface area (Å²) in [7, 11) is 0.878. The van der Waals surface area contributed by atoms with Gasteiger partial charge in [0.25, 0.3) is 0 Å². The molecule has 2 aliphatic carbocycles. The van der Waals surface area contributed by atoms with E-state index in [9.17, 15) is 0 Å². The molecule has 0 aliphatic heterocycles. The molecular weight excluding hydrogens is 224 g/mol. The zero-order valence-electron chi connectivity index (χ0n) is 11.4. The smallest absolute Gasteiger partial charge is 0.146 e. The lowest BCUT2D eigenvalue weighted by atomic mass is 9.73. The second-order valence-corrected chi connectivity index (χ2v) is 6.41. The van der Waals surface area contributed by atoms with Gasteiger partial charge in [0.1, 0.15) is 10.5 Å². The molecule has 0 amide bonds. The van der Waals surface area contributed by atoms with Crippen LogP contribution in [0, 0.1) is 11.8 Å². The Morgan fingerprint density at radius 1 is 0.882 bits per heavy atom. The Balaban J connectivity index is 2.00. The molecule has 2 aliphatic rings. The molecule has 2 fully saturated rings. The van der Waals surface area contributed by atoms with Crippen LogP contribution in [0.25, 0.3) is 0 Å². The van der Waals surface area contributed by atoms with E-state index in [1.807, 2.05) is 0 Å². The van der Waals surface area contributed by atoms with Crippen LogP contribution in [0.3, 0.4) is 0 Å². The van der Waals surface area contributed by atoms with Gasteiger partial charge >= 0.3 is 0 Å². The Morgan fingerprint density at radius 3 is 1.76 bits per heavy atom. The van der Waals surface area contributed by atoms with Crippen LogP contribution in [0.4, 0.5) is 0 Å². The predicted octanol–water partition coefficient (Wildman–Crippen LogP) is 3.37. The number of hydrogen-bond acceptors (Lipinski definition) is 1. The van der Waals surface area contributed by atoms with Gasteiger partial charge in [-0.15, -0.1) is 0 Å². The van der Waals surface area contributed by atoms with Crippen molar-refractivity contribution in [3.05, 3.63) is 11.6 Å². The van der Waals surface area contributed by atoms with Crippen LogP contribution < -0.4 is 0 Å². The van der Waals surface area contributed by atoms with E-state index in [1.165, 1.54) is 64.2 Å². The first kappa shape index (κ1) is 13.4. The van der Waals surface area contributed by atoms with Crippen molar-refractivity contribution >= 4 is 10.5 Å². The lowest BCUT2D eigenvalue weighted by Crippen LogP contribution is -2.19. The molecule has 0 aromatic heterocycles. The van der Waals surface area contributed by atoms with Crippen LogP contribution in [-0.2, 0) is 4.43 Å². The second-order valence-electron chi connectivity index (χ2n) is 5.83. The van der Waals surface area contributed by atoms with E-state index in [2.05, 4.69) is 6.08 Å². The fourth-order valence-electron chi connectivity index (χ4n) is 3.72. The van der Waals surface area contributed by atoms with Crippen molar-refractivity contribution < 1.29 is 4.43 Å². The summed E-state index contributed by atoms with van der Waals surface area (Å²) in [5.41, 5.74) is 1.79. The van der Waals surface area contributed by atoms with Crippen molar-refractivity contribution in [3.8, 4) is 0 Å². The van der Waals surface area contributed by atoms with Crippen molar-refractivity contribution in [3.63, 3.8) is 0 Å². The average Bonchev–Trinajstić information content (AvgIpc) is 2.42. The molecule has 0 spiro atoms. The van der Waals surface area contributed by atoms with E-state index in [0.717, 1.165) is 28.9 Å². The fraction of sp³-hybridized carbons (Fsp3) is 0.867. The first-order valence-corrected chi connectivity index (χ1v) is 8.42. The van der Waals surface area contributed by atoms with Crippen LogP contribution in [-0.4, -0.2) is 17.1 Å². The summed E-state index contributed by atoms with van der Waals surface area (Å²) in [5, 5.41) is 0. The SMILES string of the molecule is [SiH3]OCC=C(C1CCCCC1)C1CCCCC1. The van der Waals surface area contributed by atoms with Crippen LogP contribution in [0.15, 0.2) is 11.6 Å². The summed E-state index contributed by atoms with van der Waals surface area (Å²) >= 11 is 0. The monoisotopic (exact) mass is 252 g/mol. The average molecular weight is 252 g/mol. The second kappa shape index (κ2) is 7.37. The molecule has 2 rings (SSSR count). The molecule has 0 bridgehead atoms. The largest absolute Gasteiger partial charge is 0.424 e. The molecule has 2 saturated carbocycles. The Labute approximate surface area is 110 Å². The number of allylic oxidation sites excluding steroid dienone is 1. The Kier molecular flexibility index (Phi) is 5.79. The molecule has 1 nitrogen and oxygen atoms in total. The van der Waals surface area contributed by atoms with Gasteiger partial charge in [0.15, 0.2) is 0 Å². The molecule has 0 N–H and O–H groups in total. The third kappa shape index (κ3) is 3.96. The minimum Gasteiger partial charge on any atom is -0.424 e. The molecule has 0 saturated heterocycles. The van der Waals surface area contributed by atoms with Gasteiger partial charge < -0.3 is 4.43 Å². The minimum absolute atomic E-state index is 0.878. The van der Waals surface area contributed by atoms with E-state index >= 15 is 0 Å². The van der Waals surface area contributed by atoms with Gasteiger partial charge in [-0.05, 0) is 37.5 Å². The van der Waals surface area contributed by atoms with E-state index < -0.39 is 0 Å². The molecule has 0 atom stereocenters. The summed E-state index contributed by atoms with van der Waals surface area (Å²) in [6, 6.07) is 0. The van der Waals surface area contributed by atoms with Crippen molar-refractivity contribution in [1.29, 1.82) is 0 Å². The number of hydrogen-bond donors (Lipinski definition) is 0. The van der Waals surface area contributed by atoms with Gasteiger partial charge in [-0.2, -0.15) is 0 Å². The van der Waals surface area contributed by atoms with Crippen molar-refractivity contribution in [2.24, 2.45) is 11.8 Å². The van der Waals surface area contributed by atoms with Crippen molar-refractivity contribution in [2.75, 3.05) is 6.61 Å². The minimum atomic E-state index is 0.878. The number of rotatable bonds is 4. The topological polar surface area (TPSA) is 9.23 Å². The first-order chi connectivity index (χ1) is 8.42. The molecule has 0 unspecified atom stereocenters. The summed E-state index contributed by atoms with van der Waals surface area (Å²) in [6.45, 7) is 0.883. The predicted molar refractivity (Wildman–Crippen MR) is 77.1 cm³/mol. The zero-order chi connectivity index (χ0) is 11.9. The highest BCUT2D eigenvalue weighted by Crippen LogP contribution is 2.39. The van der Waals surface area contributed by atoms with Gasteiger partial charge in [-0.3, -0.25) is 0 Å². The molecule has 17 heavy (non-hydrogen) atoms. The maximum Gasteiger partial charge on any atom is 0.146 e. The molecule has 98 valence electrons. The van der Waals surface area contributed by atoms with Gasteiger partial charge in [-0.1, -0.05) is 50.2 Å². The summed E-state index contributed by atoms with van der Waals surface area (Å²) in [6.07, 6.45) is 17.0. The van der Waals surface area contributed by atoms with Crippen molar-refractivity contribution in [1.82, 2.24) is 0 Å². The van der Waals surface area contributed by atoms with Gasteiger partial charge in [-0.25, -0.2) is 0 Å². The van der Waals surface area contributed by atoms with Gasteiger partial charge in [0.2, 0.25) is 0 Å². The molecule has 0 radical (unpaired) electrons. The quantitative estimate of drug-likeness (QED) is 0.550. The van der Waals surface area contributed by atoms with E-state index in [4.69, 9.17) is 4.43 Å². The van der Waals surface area contributed by atoms with Crippen LogP contribution >= 0.6 is 0 Å². The van der Waals surface area contributed by atoms with E-state index in [1.54, 1.807) is 5.57 Å². The van der Waals surface area contributed by atoms with Gasteiger partial charge in [0.05, 0.1) is 6.61 Å². The lowest BCUT2D eigenvalue weighted by Gasteiger charge is -2.32. The van der Waals surface area contributed by atoms with Gasteiger partial charge in [0, 0.05) is 0 Å². The molecule has 0 heterocycles. The lowest BCUT2D eigenvalue weighted by molar-refractivity contribution is 0.319. The van der Waals surface area contributed by atoms with Crippen molar-refractivity contribution in [2.45, 2.75) is 64.2 Å². The Hall–Kier alpha value is -0.0831. The van der Waals surface area contributed by atoms with Crippen LogP contribution in [0.1, 0.15) is 64.2 Å². The Morgan fingerprint density at radius 2 is 1.35 bits per heavy atom. The molecule has 2 heteroatoms. The summed E-state index contributed by atoms with van der Waals surface area (Å²) in [5.74, 6) is 1.81. The first-order valence-electron chi connectivity index (χ1n) is 7.60. The molecular formula is C15H28OSi. The third-order valence-electron chi connectivity index (χ3n) is 4.64. The fourth-order valence-corrected chi connectivity index (χ4v) is 3.88. The Bertz CT molecular complexity index is 217. The normalized spacial score (nSPS) is 23.8. The van der Waals surface area contributed by atoms with Crippen LogP contribution in [0.2, 0.25) is 0 Å². The van der Waals surface area contributed by atoms with Crippen LogP contribution in [0.5, 0.6) is 0 Å². The van der Waals surface area contributed by atoms with E-state index in [0.29, 0.717) is 0 Å². The molecule has 0 aromatic rings.